The van der Waals surface area contributed by atoms with Crippen molar-refractivity contribution >= 4 is 0 Å². The molecule has 0 fully saturated rings. The summed E-state index contributed by atoms with van der Waals surface area (Å²) < 4.78 is 0. The maximum absolute atomic E-state index is 0. The molecule has 0 N–H and O–H groups in total. The largest absolute Gasteiger partial charge is 2.00 e. The molecule has 0 amide bonds. The van der Waals surface area contributed by atoms with Gasteiger partial charge in [-0.05, 0) is 0 Å². The normalized spacial score (nSPS) is 0. The Morgan fingerprint density at radius 3 is 0.600 bits per heavy atom. The van der Waals surface area contributed by atoms with Crippen molar-refractivity contribution in [1.82, 2.24) is 0 Å². The van der Waals surface area contributed by atoms with Crippen LogP contribution in [0.2, 0.25) is 0 Å². The van der Waals surface area contributed by atoms with Gasteiger partial charge in [-0.1, -0.05) is 0 Å². The van der Waals surface area contributed by atoms with E-state index in [0.717, 1.165) is 0 Å². The van der Waals surface area contributed by atoms with Crippen molar-refractivity contribution in [1.29, 1.82) is 0 Å². The van der Waals surface area contributed by atoms with Crippen LogP contribution < -0.4 is 37.7 Å². The molecule has 0 saturated heterocycles. The molecule has 0 aliphatic heterocycles. The number of rotatable bonds is 0. The van der Waals surface area contributed by atoms with Gasteiger partial charge in [0.05, 0.1) is 0 Å². The Bertz CT molecular complexity index is 7.61. The molecule has 0 bridgehead atoms. The van der Waals surface area contributed by atoms with Crippen molar-refractivity contribution in [3.8, 4) is 0 Å². The van der Waals surface area contributed by atoms with E-state index in [1.165, 1.54) is 0 Å². The topological polar surface area (TPSA) is 28.5 Å². The molecule has 5 heavy (non-hydrogen) atoms. The molecule has 0 aliphatic carbocycles. The van der Waals surface area contributed by atoms with E-state index in [0.29, 0.717) is 0 Å². The molecule has 1 nitrogen and oxygen atoms in total. The molecular weight excluding hydrogens is 126 g/mol. The van der Waals surface area contributed by atoms with E-state index in [4.69, 9.17) is 0 Å². The second kappa shape index (κ2) is 30.8. The van der Waals surface area contributed by atoms with Crippen molar-refractivity contribution in [2.45, 2.75) is 0 Å². The van der Waals surface area contributed by atoms with Gasteiger partial charge in [0.25, 0.3) is 0 Å². The van der Waals surface area contributed by atoms with Crippen LogP contribution in [-0.2, 0) is 48.9 Å². The fourth-order valence-corrected chi connectivity index (χ4v) is 0. The molecule has 0 heterocycles. The van der Waals surface area contributed by atoms with E-state index >= 15 is 0 Å². The van der Waals surface area contributed by atoms with Crippen LogP contribution in [0, 0.1) is 0 Å². The van der Waals surface area contributed by atoms with Crippen LogP contribution in [-0.4, -0.2) is 0 Å². The van der Waals surface area contributed by atoms with Gasteiger partial charge in [0.1, 0.15) is 0 Å². The first-order valence-corrected chi connectivity index (χ1v) is 0. The first-order chi connectivity index (χ1) is 0. The summed E-state index contributed by atoms with van der Waals surface area (Å²) in [4.78, 5) is 0. The molecule has 0 aromatic rings. The molecule has 0 rings (SSSR count). The van der Waals surface area contributed by atoms with Crippen LogP contribution in [0.1, 0.15) is 0 Å². The molecular formula is Li2OTi2. The maximum Gasteiger partial charge on any atom is 1.00 e. The van der Waals surface area contributed by atoms with Gasteiger partial charge in [0.15, 0.2) is 0 Å². The summed E-state index contributed by atoms with van der Waals surface area (Å²) >= 11 is 0. The minimum Gasteiger partial charge on any atom is -2.00 e. The van der Waals surface area contributed by atoms with Crippen LogP contribution in [0.3, 0.4) is 0 Å². The Morgan fingerprint density at radius 1 is 0.600 bits per heavy atom. The van der Waals surface area contributed by atoms with Gasteiger partial charge >= 0.3 is 37.7 Å². The van der Waals surface area contributed by atoms with Crippen molar-refractivity contribution in [3.63, 3.8) is 0 Å². The predicted molar refractivity (Wildman–Crippen MR) is 0.686 cm³/mol. The van der Waals surface area contributed by atoms with Gasteiger partial charge in [-0.2, -0.15) is 0 Å². The van der Waals surface area contributed by atoms with Crippen molar-refractivity contribution in [2.75, 3.05) is 0 Å². The first-order valence-electron chi connectivity index (χ1n) is 0. The Morgan fingerprint density at radius 2 is 0.600 bits per heavy atom. The maximum atomic E-state index is 0. The smallest absolute Gasteiger partial charge is 1.00 e. The van der Waals surface area contributed by atoms with Crippen molar-refractivity contribution in [2.24, 2.45) is 0 Å². The van der Waals surface area contributed by atoms with E-state index in [-0.39, 0.29) is 86.6 Å². The van der Waals surface area contributed by atoms with E-state index in [2.05, 4.69) is 0 Å². The quantitative estimate of drug-likeness (QED) is 0.289. The van der Waals surface area contributed by atoms with E-state index in [1.807, 2.05) is 0 Å². The summed E-state index contributed by atoms with van der Waals surface area (Å²) in [6.07, 6.45) is 0. The third-order valence-corrected chi connectivity index (χ3v) is 0. The molecule has 0 spiro atoms. The summed E-state index contributed by atoms with van der Waals surface area (Å²) in [5.41, 5.74) is 0. The number of hydrogen-bond donors (Lipinski definition) is 0. The fraction of sp³-hybridized carbons (Fsp3) is 0. The molecule has 0 atom stereocenters. The first kappa shape index (κ1) is 49.2. The molecule has 5 heteroatoms. The van der Waals surface area contributed by atoms with Gasteiger partial charge in [-0.25, -0.2) is 0 Å². The van der Waals surface area contributed by atoms with E-state index in [1.54, 1.807) is 0 Å². The van der Waals surface area contributed by atoms with Crippen LogP contribution in [0.15, 0.2) is 0 Å². The molecule has 16 valence electrons. The zero-order valence-corrected chi connectivity index (χ0v) is 6.53. The van der Waals surface area contributed by atoms with Crippen molar-refractivity contribution in [3.05, 3.63) is 0 Å². The molecule has 0 aromatic heterocycles. The van der Waals surface area contributed by atoms with Gasteiger partial charge in [0, 0.05) is 43.4 Å². The summed E-state index contributed by atoms with van der Waals surface area (Å²) in [7, 11) is 0. The summed E-state index contributed by atoms with van der Waals surface area (Å²) in [6, 6.07) is 0. The summed E-state index contributed by atoms with van der Waals surface area (Å²) in [5.74, 6) is 0. The van der Waals surface area contributed by atoms with E-state index < -0.39 is 0 Å². The Kier molecular flexibility index (Phi) is 303. The number of hydrogen-bond acceptors (Lipinski definition) is 0. The molecule has 0 saturated carbocycles. The minimum absolute atomic E-state index is 0. The van der Waals surface area contributed by atoms with Crippen LogP contribution in [0.4, 0.5) is 0 Å². The fourth-order valence-electron chi connectivity index (χ4n) is 0. The molecule has 0 aromatic carbocycles. The van der Waals surface area contributed by atoms with Crippen LogP contribution in [0.25, 0.3) is 0 Å². The van der Waals surface area contributed by atoms with Crippen LogP contribution >= 0.6 is 0 Å². The summed E-state index contributed by atoms with van der Waals surface area (Å²) in [6.45, 7) is 0. The SMILES string of the molecule is [Li+].[Li+].[O-2].[Ti].[Ti]. The van der Waals surface area contributed by atoms with Gasteiger partial charge < -0.3 is 5.48 Å². The second-order valence-electron chi connectivity index (χ2n) is 0. The van der Waals surface area contributed by atoms with Gasteiger partial charge in [0.2, 0.25) is 0 Å². The Balaban J connectivity index is 0. The average molecular weight is 126 g/mol. The van der Waals surface area contributed by atoms with Crippen LogP contribution in [0.5, 0.6) is 0 Å². The standard InChI is InChI=1S/2Li.O.2Ti/q2*+1;-2;;. The van der Waals surface area contributed by atoms with E-state index in [9.17, 15) is 0 Å². The zero-order valence-electron chi connectivity index (χ0n) is 3.41. The second-order valence-corrected chi connectivity index (χ2v) is 0. The monoisotopic (exact) mass is 126 g/mol. The Hall–Kier alpha value is 2.58. The molecule has 0 unspecified atom stereocenters. The molecule has 0 radical (unpaired) electrons. The zero-order chi connectivity index (χ0) is 0. The Labute approximate surface area is 85.5 Å². The van der Waals surface area contributed by atoms with Gasteiger partial charge in [-0.15, -0.1) is 0 Å². The predicted octanol–water partition coefficient (Wildman–Crippen LogP) is -6.12. The average Bonchev–Trinajstić information content (AvgIpc) is 0. The minimum atomic E-state index is 0. The van der Waals surface area contributed by atoms with Gasteiger partial charge in [-0.3, -0.25) is 0 Å². The van der Waals surface area contributed by atoms with Crippen molar-refractivity contribution < 1.29 is 86.6 Å². The summed E-state index contributed by atoms with van der Waals surface area (Å²) in [5, 5.41) is 0. The third kappa shape index (κ3) is 20.7. The third-order valence-electron chi connectivity index (χ3n) is 0. The molecule has 0 aliphatic rings.